The first kappa shape index (κ1) is 41.7. The summed E-state index contributed by atoms with van der Waals surface area (Å²) in [4.78, 5) is 0. The molecule has 0 radical (unpaired) electrons. The van der Waals surface area contributed by atoms with Crippen molar-refractivity contribution in [2.45, 2.75) is 111 Å². The summed E-state index contributed by atoms with van der Waals surface area (Å²) >= 11 is 0.563. The first-order valence-electron chi connectivity index (χ1n) is 14.6. The van der Waals surface area contributed by atoms with Crippen molar-refractivity contribution in [1.82, 2.24) is 0 Å². The molecule has 0 aromatic rings. The van der Waals surface area contributed by atoms with Gasteiger partial charge in [0.2, 0.25) is 0 Å². The summed E-state index contributed by atoms with van der Waals surface area (Å²) in [6, 6.07) is 0. The molecule has 3 aliphatic rings. The molecule has 3 rings (SSSR count). The van der Waals surface area contributed by atoms with Crippen molar-refractivity contribution in [3.63, 3.8) is 0 Å². The summed E-state index contributed by atoms with van der Waals surface area (Å²) < 4.78 is 75.4. The fourth-order valence-corrected chi connectivity index (χ4v) is 6.81. The summed E-state index contributed by atoms with van der Waals surface area (Å²) in [5.74, 6) is 0.313. The average Bonchev–Trinajstić information content (AvgIpc) is 3.03. The molecule has 0 aliphatic carbocycles. The van der Waals surface area contributed by atoms with Gasteiger partial charge in [-0.1, -0.05) is 16.9 Å². The smallest absolute Gasteiger partial charge is 0.284 e. The molecule has 3 heterocycles. The highest BCUT2D eigenvalue weighted by Gasteiger charge is 2.49. The largest absolute Gasteiger partial charge is 0.714 e. The van der Waals surface area contributed by atoms with Crippen LogP contribution in [0.25, 0.3) is 0 Å². The van der Waals surface area contributed by atoms with Crippen LogP contribution in [0.2, 0.25) is 0 Å². The van der Waals surface area contributed by atoms with Crippen molar-refractivity contribution in [2.24, 2.45) is 5.16 Å². The maximum absolute atomic E-state index is 11.3. The van der Waals surface area contributed by atoms with E-state index in [-0.39, 0.29) is 11.5 Å². The number of rotatable bonds is 15. The number of aliphatic hydroxyl groups excluding tert-OH is 10. The third-order valence-electron chi connectivity index (χ3n) is 7.59. The van der Waals surface area contributed by atoms with Crippen LogP contribution in [0.15, 0.2) is 5.16 Å². The van der Waals surface area contributed by atoms with Crippen LogP contribution in [-0.4, -0.2) is 196 Å². The maximum atomic E-state index is 11.3. The highest BCUT2D eigenvalue weighted by molar-refractivity contribution is 8.14. The average molecular weight is 761 g/mol. The van der Waals surface area contributed by atoms with Crippen LogP contribution in [-0.2, 0) is 49.2 Å². The Balaban J connectivity index is 1.64. The van der Waals surface area contributed by atoms with Gasteiger partial charge in [0.05, 0.1) is 19.8 Å². The number of hydrogen-bond donors (Lipinski definition) is 10. The summed E-state index contributed by atoms with van der Waals surface area (Å²) in [5.41, 5.74) is -1.45. The molecular formula is C24H42NO20S3-. The Labute approximate surface area is 281 Å². The van der Waals surface area contributed by atoms with Crippen molar-refractivity contribution in [3.8, 4) is 0 Å². The van der Waals surface area contributed by atoms with E-state index in [2.05, 4.69) is 9.44 Å². The van der Waals surface area contributed by atoms with E-state index in [0.717, 1.165) is 0 Å². The van der Waals surface area contributed by atoms with Crippen LogP contribution in [0, 0.1) is 0 Å². The predicted octanol–water partition coefficient (Wildman–Crippen LogP) is -6.49. The molecule has 3 aliphatic heterocycles. The molecular weight excluding hydrogens is 718 g/mol. The first-order chi connectivity index (χ1) is 22.4. The van der Waals surface area contributed by atoms with E-state index in [1.54, 1.807) is 0 Å². The van der Waals surface area contributed by atoms with E-state index in [4.69, 9.17) is 23.7 Å². The van der Waals surface area contributed by atoms with Crippen molar-refractivity contribution in [2.75, 3.05) is 31.8 Å². The topological polar surface area (TPSA) is 344 Å². The highest BCUT2D eigenvalue weighted by Crippen LogP contribution is 2.32. The van der Waals surface area contributed by atoms with Gasteiger partial charge in [-0.25, -0.2) is 0 Å². The Morgan fingerprint density at radius 1 is 0.750 bits per heavy atom. The van der Waals surface area contributed by atoms with Gasteiger partial charge in [-0.15, -0.1) is 0 Å². The zero-order valence-electron chi connectivity index (χ0n) is 25.3. The van der Waals surface area contributed by atoms with Crippen molar-refractivity contribution >= 4 is 38.0 Å². The van der Waals surface area contributed by atoms with Gasteiger partial charge in [0.15, 0.2) is 12.6 Å². The van der Waals surface area contributed by atoms with Gasteiger partial charge in [-0.2, -0.15) is 8.42 Å². The minimum absolute atomic E-state index is 0.0152. The van der Waals surface area contributed by atoms with Gasteiger partial charge in [-0.05, 0) is 19.3 Å². The molecule has 21 nitrogen and oxygen atoms in total. The summed E-state index contributed by atoms with van der Waals surface area (Å²) in [7, 11) is -6.37. The fraction of sp³-hybridized carbons (Fsp3) is 0.958. The molecule has 0 spiro atoms. The zero-order valence-corrected chi connectivity index (χ0v) is 27.8. The standard InChI is InChI=1S/C24H43NO20S3/c1-47(36)5-3-2-4-12(25-45-48(37,38)39)46-24-21(35)18(32)15(29)11(44-24)8-41-23-20(34)17(31)14(28)10(43-23)7-40-22-19(33)16(30)13(27)9(6-26)42-22/h9-11,13-24,26-35H,2-8H2,1H3,(H,37,38,39)/p-1/b25-12-/t9-,10-,11-,13-,14-,15-,16+,17+,18+,19-,20-,21-,22+,23+,24+,47?/m1/s1. The van der Waals surface area contributed by atoms with E-state index in [1.165, 1.54) is 6.26 Å². The second-order valence-corrected chi connectivity index (χ2v) is 14.9. The molecule has 24 heteroatoms. The van der Waals surface area contributed by atoms with Crippen LogP contribution in [0.5, 0.6) is 0 Å². The second-order valence-electron chi connectivity index (χ2n) is 11.2. The van der Waals surface area contributed by atoms with E-state index in [0.29, 0.717) is 30.4 Å². The first-order valence-corrected chi connectivity index (χ1v) is 18.5. The Kier molecular flexibility index (Phi) is 16.2. The maximum Gasteiger partial charge on any atom is 0.284 e. The van der Waals surface area contributed by atoms with Crippen LogP contribution in [0.4, 0.5) is 0 Å². The van der Waals surface area contributed by atoms with Gasteiger partial charge < -0.3 is 79.3 Å². The lowest BCUT2D eigenvalue weighted by atomic mass is 9.98. The van der Waals surface area contributed by atoms with Crippen LogP contribution in [0.1, 0.15) is 19.3 Å². The Morgan fingerprint density at radius 2 is 1.23 bits per heavy atom. The van der Waals surface area contributed by atoms with Gasteiger partial charge in [-0.3, -0.25) is 8.49 Å². The van der Waals surface area contributed by atoms with E-state index < -0.39 is 132 Å². The molecule has 16 atom stereocenters. The van der Waals surface area contributed by atoms with Crippen LogP contribution in [0.3, 0.4) is 0 Å². The van der Waals surface area contributed by atoms with Gasteiger partial charge in [0.1, 0.15) is 83.7 Å². The quantitative estimate of drug-likeness (QED) is 0.0185. The molecule has 0 aromatic heterocycles. The number of oxime groups is 1. The minimum atomic E-state index is -5.26. The lowest BCUT2D eigenvalue weighted by Gasteiger charge is -2.43. The predicted molar refractivity (Wildman–Crippen MR) is 158 cm³/mol. The molecule has 282 valence electrons. The highest BCUT2D eigenvalue weighted by atomic mass is 32.3. The third kappa shape index (κ3) is 11.4. The van der Waals surface area contributed by atoms with E-state index in [9.17, 15) is 68.2 Å². The van der Waals surface area contributed by atoms with Crippen molar-refractivity contribution in [1.29, 1.82) is 0 Å². The van der Waals surface area contributed by atoms with Crippen molar-refractivity contribution < 1.29 is 96.2 Å². The number of thioether (sulfide) groups is 1. The van der Waals surface area contributed by atoms with Crippen molar-refractivity contribution in [3.05, 3.63) is 0 Å². The van der Waals surface area contributed by atoms with Gasteiger partial charge >= 0.3 is 0 Å². The molecule has 0 bridgehead atoms. The van der Waals surface area contributed by atoms with E-state index >= 15 is 0 Å². The Morgan fingerprint density at radius 3 is 1.73 bits per heavy atom. The molecule has 1 unspecified atom stereocenters. The minimum Gasteiger partial charge on any atom is -0.714 e. The van der Waals surface area contributed by atoms with Gasteiger partial charge in [0, 0.05) is 22.8 Å². The number of ether oxygens (including phenoxy) is 5. The summed E-state index contributed by atoms with van der Waals surface area (Å²) in [6.45, 7) is -2.05. The molecule has 0 saturated carbocycles. The monoisotopic (exact) mass is 760 g/mol. The lowest BCUT2D eigenvalue weighted by Crippen LogP contribution is -2.62. The Bertz CT molecular complexity index is 1170. The molecule has 0 amide bonds. The Hall–Kier alpha value is -0.720. The fourth-order valence-electron chi connectivity index (χ4n) is 4.86. The number of aliphatic hydroxyl groups is 10. The molecule has 3 fully saturated rings. The zero-order chi connectivity index (χ0) is 35.9. The lowest BCUT2D eigenvalue weighted by molar-refractivity contribution is -0.335. The number of nitrogens with zero attached hydrogens (tertiary/aromatic N) is 1. The summed E-state index contributed by atoms with van der Waals surface area (Å²) in [6.07, 6.45) is -21.6. The second kappa shape index (κ2) is 18.7. The van der Waals surface area contributed by atoms with Gasteiger partial charge in [0.25, 0.3) is 10.4 Å². The molecule has 0 aromatic carbocycles. The normalized spacial score (nSPS) is 42.0. The third-order valence-corrected chi connectivity index (χ3v) is 9.88. The SMILES string of the molecule is CS(=O)CCCC/C(=N/OS(=O)(=O)[O-])S[C@@H]1O[C@H](CO[C@H]2O[C@H](CO[C@H]3O[C@H](CO)[C@@H](O)[C@H](O)[C@H]3O)[C@@H](O)[C@H](O)[C@H]2O)[C@@H](O)[C@H](O)[C@H]1O. The molecule has 3 saturated heterocycles. The molecule has 10 N–H and O–H groups in total. The summed E-state index contributed by atoms with van der Waals surface area (Å²) in [5, 5.41) is 105. The van der Waals surface area contributed by atoms with E-state index in [1.807, 2.05) is 0 Å². The molecule has 48 heavy (non-hydrogen) atoms. The number of hydrogen-bond acceptors (Lipinski definition) is 22. The van der Waals surface area contributed by atoms with Crippen LogP contribution >= 0.6 is 11.8 Å². The van der Waals surface area contributed by atoms with Crippen LogP contribution < -0.4 is 0 Å². The number of unbranched alkanes of at least 4 members (excludes halogenated alkanes) is 1.